The fraction of sp³-hybridized carbons (Fsp3) is 0.632. The molecular weight excluding hydrogens is 302 g/mol. The van der Waals surface area contributed by atoms with Gasteiger partial charge in [0.2, 0.25) is 5.91 Å². The Kier molecular flexibility index (Phi) is 6.38. The van der Waals surface area contributed by atoms with Crippen LogP contribution in [0.15, 0.2) is 24.3 Å². The van der Waals surface area contributed by atoms with Crippen LogP contribution in [0.3, 0.4) is 0 Å². The molecule has 1 amide bonds. The predicted molar refractivity (Wildman–Crippen MR) is 97.1 cm³/mol. The molecule has 0 saturated carbocycles. The number of morpholine rings is 1. The van der Waals surface area contributed by atoms with E-state index in [4.69, 9.17) is 4.74 Å². The van der Waals surface area contributed by atoms with Crippen molar-refractivity contribution in [1.29, 1.82) is 0 Å². The molecule has 0 bridgehead atoms. The molecule has 5 heteroatoms. The third kappa shape index (κ3) is 5.03. The van der Waals surface area contributed by atoms with Crippen LogP contribution in [0.5, 0.6) is 0 Å². The third-order valence-corrected chi connectivity index (χ3v) is 4.43. The van der Waals surface area contributed by atoms with E-state index in [1.807, 2.05) is 37.2 Å². The van der Waals surface area contributed by atoms with E-state index in [2.05, 4.69) is 37.1 Å². The Morgan fingerprint density at radius 1 is 1.29 bits per heavy atom. The number of carbonyl (C=O) groups excluding carboxylic acids is 1. The normalized spacial score (nSPS) is 17.8. The summed E-state index contributed by atoms with van der Waals surface area (Å²) in [7, 11) is 3.90. The highest BCUT2D eigenvalue weighted by molar-refractivity contribution is 5.84. The molecule has 134 valence electrons. The van der Waals surface area contributed by atoms with Gasteiger partial charge in [-0.2, -0.15) is 0 Å². The predicted octanol–water partition coefficient (Wildman–Crippen LogP) is 1.82. The lowest BCUT2D eigenvalue weighted by Crippen LogP contribution is -2.55. The van der Waals surface area contributed by atoms with Crippen molar-refractivity contribution in [2.45, 2.75) is 32.4 Å². The number of ether oxygens (including phenoxy) is 1. The van der Waals surface area contributed by atoms with Gasteiger partial charge < -0.3 is 10.1 Å². The van der Waals surface area contributed by atoms with Crippen molar-refractivity contribution in [2.24, 2.45) is 0 Å². The van der Waals surface area contributed by atoms with Crippen molar-refractivity contribution in [1.82, 2.24) is 15.1 Å². The summed E-state index contributed by atoms with van der Waals surface area (Å²) in [6.07, 6.45) is 0. The largest absolute Gasteiger partial charge is 0.379 e. The van der Waals surface area contributed by atoms with Crippen LogP contribution in [0.25, 0.3) is 0 Å². The minimum absolute atomic E-state index is 0.0487. The first kappa shape index (κ1) is 18.9. The Hall–Kier alpha value is -1.43. The molecule has 1 aliphatic rings. The van der Waals surface area contributed by atoms with Gasteiger partial charge in [-0.3, -0.25) is 14.6 Å². The van der Waals surface area contributed by atoms with Crippen molar-refractivity contribution in [3.05, 3.63) is 35.4 Å². The van der Waals surface area contributed by atoms with Crippen LogP contribution in [-0.2, 0) is 9.53 Å². The quantitative estimate of drug-likeness (QED) is 0.863. The summed E-state index contributed by atoms with van der Waals surface area (Å²) in [5.41, 5.74) is 1.91. The molecule has 0 spiro atoms. The van der Waals surface area contributed by atoms with Crippen LogP contribution >= 0.6 is 0 Å². The van der Waals surface area contributed by atoms with Crippen LogP contribution in [0.1, 0.15) is 31.0 Å². The van der Waals surface area contributed by atoms with Crippen LogP contribution in [-0.4, -0.2) is 68.2 Å². The first-order chi connectivity index (χ1) is 11.3. The molecule has 1 atom stereocenters. The highest BCUT2D eigenvalue weighted by atomic mass is 16.5. The molecule has 2 rings (SSSR count). The number of nitrogens with zero attached hydrogens (tertiary/aromatic N) is 2. The molecule has 5 nitrogen and oxygen atoms in total. The number of rotatable bonds is 6. The summed E-state index contributed by atoms with van der Waals surface area (Å²) < 4.78 is 5.40. The van der Waals surface area contributed by atoms with E-state index in [1.54, 1.807) is 0 Å². The molecule has 1 N–H and O–H groups in total. The molecule has 0 radical (unpaired) electrons. The smallest absolute Gasteiger partial charge is 0.242 e. The third-order valence-electron chi connectivity index (χ3n) is 4.43. The van der Waals surface area contributed by atoms with Crippen molar-refractivity contribution >= 4 is 5.91 Å². The fourth-order valence-electron chi connectivity index (χ4n) is 3.31. The highest BCUT2D eigenvalue weighted by Crippen LogP contribution is 2.23. The van der Waals surface area contributed by atoms with Crippen LogP contribution in [0.2, 0.25) is 0 Å². The van der Waals surface area contributed by atoms with Crippen LogP contribution < -0.4 is 5.32 Å². The molecule has 0 aliphatic carbocycles. The zero-order chi connectivity index (χ0) is 17.7. The highest BCUT2D eigenvalue weighted by Gasteiger charge is 2.30. The van der Waals surface area contributed by atoms with Gasteiger partial charge in [-0.1, -0.05) is 24.3 Å². The Balaban J connectivity index is 2.08. The van der Waals surface area contributed by atoms with E-state index in [1.165, 1.54) is 0 Å². The van der Waals surface area contributed by atoms with Gasteiger partial charge in [0, 0.05) is 25.2 Å². The van der Waals surface area contributed by atoms with Gasteiger partial charge in [-0.05, 0) is 46.0 Å². The minimum atomic E-state index is -0.286. The molecule has 24 heavy (non-hydrogen) atoms. The van der Waals surface area contributed by atoms with Gasteiger partial charge in [-0.15, -0.1) is 0 Å². The zero-order valence-electron chi connectivity index (χ0n) is 15.6. The van der Waals surface area contributed by atoms with E-state index in [0.29, 0.717) is 0 Å². The van der Waals surface area contributed by atoms with Crippen molar-refractivity contribution in [3.63, 3.8) is 0 Å². The maximum atomic E-state index is 13.0. The maximum Gasteiger partial charge on any atom is 0.242 e. The second kappa shape index (κ2) is 8.10. The number of aryl methyl sites for hydroxylation is 1. The zero-order valence-corrected chi connectivity index (χ0v) is 15.6. The van der Waals surface area contributed by atoms with Crippen LogP contribution in [0.4, 0.5) is 0 Å². The summed E-state index contributed by atoms with van der Waals surface area (Å²) in [6.45, 7) is 10.5. The summed E-state index contributed by atoms with van der Waals surface area (Å²) >= 11 is 0. The molecule has 1 fully saturated rings. The first-order valence-corrected chi connectivity index (χ1v) is 8.64. The summed E-state index contributed by atoms with van der Waals surface area (Å²) in [6, 6.07) is 7.80. The average molecular weight is 333 g/mol. The first-order valence-electron chi connectivity index (χ1n) is 8.64. The van der Waals surface area contributed by atoms with Gasteiger partial charge >= 0.3 is 0 Å². The standard InChI is InChI=1S/C19H31N3O2/c1-15-8-6-7-9-16(15)17(21(4)5)18(23)20-19(2,3)14-22-10-12-24-13-11-22/h6-9,17H,10-14H2,1-5H3,(H,20,23)/t17-/m1/s1. The Morgan fingerprint density at radius 2 is 1.92 bits per heavy atom. The van der Waals surface area contributed by atoms with E-state index in [0.717, 1.165) is 44.0 Å². The number of benzene rings is 1. The second-order valence-corrected chi connectivity index (χ2v) is 7.48. The van der Waals surface area contributed by atoms with Gasteiger partial charge in [0.1, 0.15) is 6.04 Å². The average Bonchev–Trinajstić information content (AvgIpc) is 2.49. The summed E-state index contributed by atoms with van der Waals surface area (Å²) in [5.74, 6) is 0.0487. The number of hydrogen-bond acceptors (Lipinski definition) is 4. The molecule has 0 unspecified atom stereocenters. The Bertz CT molecular complexity index is 551. The maximum absolute atomic E-state index is 13.0. The summed E-state index contributed by atoms with van der Waals surface area (Å²) in [4.78, 5) is 17.3. The molecule has 1 aromatic carbocycles. The van der Waals surface area contributed by atoms with E-state index < -0.39 is 0 Å². The fourth-order valence-corrected chi connectivity index (χ4v) is 3.31. The topological polar surface area (TPSA) is 44.8 Å². The lowest BCUT2D eigenvalue weighted by Gasteiger charge is -2.37. The van der Waals surface area contributed by atoms with Gasteiger partial charge in [0.25, 0.3) is 0 Å². The van der Waals surface area contributed by atoms with Gasteiger partial charge in [0.15, 0.2) is 0 Å². The van der Waals surface area contributed by atoms with Crippen molar-refractivity contribution in [3.8, 4) is 0 Å². The van der Waals surface area contributed by atoms with Crippen molar-refractivity contribution in [2.75, 3.05) is 46.9 Å². The number of hydrogen-bond donors (Lipinski definition) is 1. The van der Waals surface area contributed by atoms with Gasteiger partial charge in [0.05, 0.1) is 13.2 Å². The number of carbonyl (C=O) groups is 1. The van der Waals surface area contributed by atoms with Gasteiger partial charge in [-0.25, -0.2) is 0 Å². The lowest BCUT2D eigenvalue weighted by atomic mass is 9.97. The van der Waals surface area contributed by atoms with Crippen LogP contribution in [0, 0.1) is 6.92 Å². The number of likely N-dealkylation sites (N-methyl/N-ethyl adjacent to an activating group) is 1. The Labute approximate surface area is 146 Å². The molecule has 1 heterocycles. The summed E-state index contributed by atoms with van der Waals surface area (Å²) in [5, 5.41) is 3.25. The molecule has 0 aromatic heterocycles. The lowest BCUT2D eigenvalue weighted by molar-refractivity contribution is -0.127. The number of nitrogens with one attached hydrogen (secondary N) is 1. The Morgan fingerprint density at radius 3 is 2.50 bits per heavy atom. The second-order valence-electron chi connectivity index (χ2n) is 7.48. The monoisotopic (exact) mass is 333 g/mol. The van der Waals surface area contributed by atoms with E-state index >= 15 is 0 Å². The molecule has 1 aliphatic heterocycles. The molecular formula is C19H31N3O2. The minimum Gasteiger partial charge on any atom is -0.379 e. The van der Waals surface area contributed by atoms with Crippen molar-refractivity contribution < 1.29 is 9.53 Å². The molecule has 1 aromatic rings. The van der Waals surface area contributed by atoms with E-state index in [-0.39, 0.29) is 17.5 Å². The SMILES string of the molecule is Cc1ccccc1[C@H](C(=O)NC(C)(C)CN1CCOCC1)N(C)C. The molecule has 1 saturated heterocycles. The number of amides is 1. The van der Waals surface area contributed by atoms with E-state index in [9.17, 15) is 4.79 Å².